The molecule has 0 N–H and O–H groups in total. The normalized spacial score (nSPS) is 21.3. The predicted octanol–water partition coefficient (Wildman–Crippen LogP) is 4.79. The summed E-state index contributed by atoms with van der Waals surface area (Å²) in [5.41, 5.74) is 4.19. The maximum atomic E-state index is 12.9. The molecular formula is C28H33N3O2. The van der Waals surface area contributed by atoms with Gasteiger partial charge in [-0.05, 0) is 87.9 Å². The van der Waals surface area contributed by atoms with Crippen molar-refractivity contribution in [3.05, 3.63) is 64.7 Å². The Morgan fingerprint density at radius 1 is 1.00 bits per heavy atom. The zero-order chi connectivity index (χ0) is 23.1. The summed E-state index contributed by atoms with van der Waals surface area (Å²) in [7, 11) is 0. The minimum Gasteiger partial charge on any atom is -0.487 e. The first-order valence-electron chi connectivity index (χ1n) is 12.2. The van der Waals surface area contributed by atoms with Crippen LogP contribution in [0.1, 0.15) is 66.6 Å². The van der Waals surface area contributed by atoms with E-state index < -0.39 is 0 Å². The summed E-state index contributed by atoms with van der Waals surface area (Å²) in [6, 6.07) is 15.7. The zero-order valence-corrected chi connectivity index (χ0v) is 19.8. The number of amides is 1. The van der Waals surface area contributed by atoms with Gasteiger partial charge in [0.05, 0.1) is 11.6 Å². The molecule has 5 nitrogen and oxygen atoms in total. The van der Waals surface area contributed by atoms with E-state index in [0.717, 1.165) is 57.7 Å². The molecule has 2 fully saturated rings. The van der Waals surface area contributed by atoms with Gasteiger partial charge in [-0.1, -0.05) is 18.2 Å². The van der Waals surface area contributed by atoms with Gasteiger partial charge < -0.3 is 9.64 Å². The number of para-hydroxylation sites is 1. The number of carbonyl (C=O) groups excluding carboxylic acids is 1. The molecule has 33 heavy (non-hydrogen) atoms. The maximum absolute atomic E-state index is 12.9. The number of rotatable bonds is 3. The van der Waals surface area contributed by atoms with Gasteiger partial charge in [-0.2, -0.15) is 5.26 Å². The molecule has 1 spiro atoms. The van der Waals surface area contributed by atoms with Crippen molar-refractivity contribution in [2.75, 3.05) is 26.2 Å². The zero-order valence-electron chi connectivity index (χ0n) is 19.8. The first-order valence-corrected chi connectivity index (χ1v) is 12.2. The molecule has 0 aliphatic carbocycles. The first kappa shape index (κ1) is 22.0. The molecule has 172 valence electrons. The number of fused-ring (bicyclic) bond motifs is 1. The second-order valence-electron chi connectivity index (χ2n) is 10.7. The lowest BCUT2D eigenvalue weighted by atomic mass is 9.71. The molecule has 0 saturated carbocycles. The van der Waals surface area contributed by atoms with Crippen LogP contribution in [0.5, 0.6) is 5.75 Å². The van der Waals surface area contributed by atoms with Gasteiger partial charge in [0.1, 0.15) is 11.4 Å². The second-order valence-corrected chi connectivity index (χ2v) is 10.7. The van der Waals surface area contributed by atoms with E-state index in [2.05, 4.69) is 43.0 Å². The average molecular weight is 444 g/mol. The van der Waals surface area contributed by atoms with Gasteiger partial charge in [-0.3, -0.25) is 9.69 Å². The number of benzene rings is 2. The third kappa shape index (κ3) is 4.50. The van der Waals surface area contributed by atoms with Crippen LogP contribution in [-0.2, 0) is 13.0 Å². The second kappa shape index (κ2) is 8.50. The van der Waals surface area contributed by atoms with Gasteiger partial charge in [-0.15, -0.1) is 0 Å². The van der Waals surface area contributed by atoms with E-state index in [-0.39, 0.29) is 11.5 Å². The van der Waals surface area contributed by atoms with Crippen LogP contribution in [0.25, 0.3) is 0 Å². The average Bonchev–Trinajstić information content (AvgIpc) is 3.16. The van der Waals surface area contributed by atoms with E-state index in [1.807, 2.05) is 4.90 Å². The Hall–Kier alpha value is -2.84. The lowest BCUT2D eigenvalue weighted by Gasteiger charge is -2.47. The topological polar surface area (TPSA) is 56.6 Å². The number of hydrogen-bond acceptors (Lipinski definition) is 4. The highest BCUT2D eigenvalue weighted by Crippen LogP contribution is 2.43. The quantitative estimate of drug-likeness (QED) is 0.684. The van der Waals surface area contributed by atoms with Crippen LogP contribution >= 0.6 is 0 Å². The summed E-state index contributed by atoms with van der Waals surface area (Å²) in [5, 5.41) is 8.96. The van der Waals surface area contributed by atoms with Crippen molar-refractivity contribution in [2.45, 2.75) is 58.1 Å². The number of nitriles is 1. The summed E-state index contributed by atoms with van der Waals surface area (Å²) in [6.07, 6.45) is 5.55. The molecule has 2 saturated heterocycles. The van der Waals surface area contributed by atoms with E-state index in [0.29, 0.717) is 16.5 Å². The van der Waals surface area contributed by atoms with Gasteiger partial charge >= 0.3 is 0 Å². The summed E-state index contributed by atoms with van der Waals surface area (Å²) >= 11 is 0. The summed E-state index contributed by atoms with van der Waals surface area (Å²) < 4.78 is 6.28. The Morgan fingerprint density at radius 2 is 1.67 bits per heavy atom. The Morgan fingerprint density at radius 3 is 2.33 bits per heavy atom. The fourth-order valence-corrected chi connectivity index (χ4v) is 5.78. The molecule has 0 unspecified atom stereocenters. The van der Waals surface area contributed by atoms with E-state index in [9.17, 15) is 4.79 Å². The summed E-state index contributed by atoms with van der Waals surface area (Å²) in [4.78, 5) is 17.5. The fourth-order valence-electron chi connectivity index (χ4n) is 5.78. The number of nitrogens with zero attached hydrogens (tertiary/aromatic N) is 3. The van der Waals surface area contributed by atoms with E-state index in [1.165, 1.54) is 24.0 Å². The van der Waals surface area contributed by atoms with Crippen molar-refractivity contribution < 1.29 is 9.53 Å². The van der Waals surface area contributed by atoms with Gasteiger partial charge in [0.2, 0.25) is 0 Å². The third-order valence-electron chi connectivity index (χ3n) is 7.86. The molecule has 3 aliphatic heterocycles. The highest BCUT2D eigenvalue weighted by atomic mass is 16.5. The lowest BCUT2D eigenvalue weighted by Crippen LogP contribution is -2.48. The lowest BCUT2D eigenvalue weighted by molar-refractivity contribution is 0.0282. The van der Waals surface area contributed by atoms with Crippen molar-refractivity contribution in [1.29, 1.82) is 5.26 Å². The molecule has 0 bridgehead atoms. The van der Waals surface area contributed by atoms with Crippen LogP contribution in [0.2, 0.25) is 0 Å². The molecule has 0 radical (unpaired) electrons. The van der Waals surface area contributed by atoms with E-state index >= 15 is 0 Å². The third-order valence-corrected chi connectivity index (χ3v) is 7.86. The minimum absolute atomic E-state index is 0.0904. The molecule has 0 aromatic heterocycles. The SMILES string of the molecule is CC1(C)Cc2cccc(CN3CCC4(CC3)CCN(C(=O)c3ccc(C#N)cc3)CC4)c2O1. The fraction of sp³-hybridized carbons (Fsp3) is 0.500. The van der Waals surface area contributed by atoms with Gasteiger partial charge in [0, 0.05) is 37.2 Å². The van der Waals surface area contributed by atoms with Crippen LogP contribution in [0, 0.1) is 16.7 Å². The highest BCUT2D eigenvalue weighted by Gasteiger charge is 2.39. The maximum Gasteiger partial charge on any atom is 0.253 e. The number of ether oxygens (including phenoxy) is 1. The Kier molecular flexibility index (Phi) is 5.66. The molecular weight excluding hydrogens is 410 g/mol. The van der Waals surface area contributed by atoms with Crippen LogP contribution in [-0.4, -0.2) is 47.5 Å². The number of piperidine rings is 2. The Bertz CT molecular complexity index is 1070. The summed E-state index contributed by atoms with van der Waals surface area (Å²) in [5.74, 6) is 1.20. The molecule has 2 aromatic rings. The molecule has 3 aliphatic rings. The van der Waals surface area contributed by atoms with Crippen LogP contribution < -0.4 is 4.74 Å². The van der Waals surface area contributed by atoms with Gasteiger partial charge in [0.25, 0.3) is 5.91 Å². The van der Waals surface area contributed by atoms with Gasteiger partial charge in [0.15, 0.2) is 0 Å². The molecule has 3 heterocycles. The largest absolute Gasteiger partial charge is 0.487 e. The van der Waals surface area contributed by atoms with Crippen molar-refractivity contribution >= 4 is 5.91 Å². The van der Waals surface area contributed by atoms with E-state index in [1.54, 1.807) is 24.3 Å². The summed E-state index contributed by atoms with van der Waals surface area (Å²) in [6.45, 7) is 9.16. The molecule has 2 aromatic carbocycles. The predicted molar refractivity (Wildman–Crippen MR) is 128 cm³/mol. The van der Waals surface area contributed by atoms with Crippen molar-refractivity contribution in [2.24, 2.45) is 5.41 Å². The first-order chi connectivity index (χ1) is 15.9. The van der Waals surface area contributed by atoms with E-state index in [4.69, 9.17) is 10.00 Å². The molecule has 5 heteroatoms. The Balaban J connectivity index is 1.15. The molecule has 5 rings (SSSR count). The van der Waals surface area contributed by atoms with Gasteiger partial charge in [-0.25, -0.2) is 0 Å². The monoisotopic (exact) mass is 443 g/mol. The molecule has 1 amide bonds. The van der Waals surface area contributed by atoms with Crippen molar-refractivity contribution in [3.63, 3.8) is 0 Å². The number of carbonyl (C=O) groups is 1. The van der Waals surface area contributed by atoms with Crippen molar-refractivity contribution in [3.8, 4) is 11.8 Å². The number of likely N-dealkylation sites (tertiary alicyclic amines) is 2. The highest BCUT2D eigenvalue weighted by molar-refractivity contribution is 5.94. The number of hydrogen-bond donors (Lipinski definition) is 0. The van der Waals surface area contributed by atoms with Crippen LogP contribution in [0.3, 0.4) is 0 Å². The van der Waals surface area contributed by atoms with Crippen molar-refractivity contribution in [1.82, 2.24) is 9.80 Å². The Labute approximate surface area is 196 Å². The van der Waals surface area contributed by atoms with Crippen LogP contribution in [0.4, 0.5) is 0 Å². The van der Waals surface area contributed by atoms with Crippen LogP contribution in [0.15, 0.2) is 42.5 Å². The standard InChI is InChI=1S/C28H33N3O2/c1-27(2)18-23-4-3-5-24(25(23)33-27)20-30-14-10-28(11-15-30)12-16-31(17-13-28)26(32)22-8-6-21(19-29)7-9-22/h3-9H,10-18,20H2,1-2H3. The smallest absolute Gasteiger partial charge is 0.253 e. The molecule has 0 atom stereocenters. The minimum atomic E-state index is -0.104.